The summed E-state index contributed by atoms with van der Waals surface area (Å²) in [7, 11) is 0. The van der Waals surface area contributed by atoms with Gasteiger partial charge in [0.25, 0.3) is 0 Å². The molecule has 0 bridgehead atoms. The highest BCUT2D eigenvalue weighted by Gasteiger charge is 2.18. The van der Waals surface area contributed by atoms with Crippen LogP contribution in [0.15, 0.2) is 67.0 Å². The Morgan fingerprint density at radius 1 is 1.10 bits per heavy atom. The third kappa shape index (κ3) is 2.33. The fourth-order valence-electron chi connectivity index (χ4n) is 2.98. The molecule has 106 valence electrons. The summed E-state index contributed by atoms with van der Waals surface area (Å²) in [5.74, 6) is 0. The zero-order valence-corrected chi connectivity index (χ0v) is 12.6. The smallest absolute Gasteiger partial charge is 0.0922 e. The fourth-order valence-corrected chi connectivity index (χ4v) is 2.98. The number of anilines is 1. The van der Waals surface area contributed by atoms with Crippen LogP contribution in [0.4, 0.5) is 5.69 Å². The number of allylic oxidation sites excluding steroid dienone is 1. The SMILES string of the molecule is C=CC1=CNCN1c1ccc(C)c(-c2ccccc2)c1C. The maximum atomic E-state index is 3.90. The molecule has 0 spiro atoms. The molecule has 0 saturated heterocycles. The molecule has 1 heterocycles. The van der Waals surface area contributed by atoms with E-state index in [2.05, 4.69) is 73.1 Å². The molecule has 0 unspecified atom stereocenters. The Kier molecular flexibility index (Phi) is 3.53. The molecule has 1 N–H and O–H groups in total. The van der Waals surface area contributed by atoms with E-state index in [4.69, 9.17) is 0 Å². The summed E-state index contributed by atoms with van der Waals surface area (Å²) in [6.07, 6.45) is 3.90. The van der Waals surface area contributed by atoms with Crippen molar-refractivity contribution in [3.05, 3.63) is 78.1 Å². The largest absolute Gasteiger partial charge is 0.372 e. The first-order valence-electron chi connectivity index (χ1n) is 7.21. The highest BCUT2D eigenvalue weighted by molar-refractivity contribution is 5.78. The zero-order chi connectivity index (χ0) is 14.8. The van der Waals surface area contributed by atoms with Crippen LogP contribution >= 0.6 is 0 Å². The van der Waals surface area contributed by atoms with Crippen LogP contribution in [0, 0.1) is 13.8 Å². The number of nitrogens with zero attached hydrogens (tertiary/aromatic N) is 1. The molecule has 0 amide bonds. The monoisotopic (exact) mass is 276 g/mol. The summed E-state index contributed by atoms with van der Waals surface area (Å²) < 4.78 is 0. The van der Waals surface area contributed by atoms with Gasteiger partial charge in [0.2, 0.25) is 0 Å². The van der Waals surface area contributed by atoms with Crippen LogP contribution in [0.25, 0.3) is 11.1 Å². The normalized spacial score (nSPS) is 13.8. The van der Waals surface area contributed by atoms with E-state index in [1.807, 2.05) is 12.3 Å². The van der Waals surface area contributed by atoms with Crippen LogP contribution in [0.3, 0.4) is 0 Å². The topological polar surface area (TPSA) is 15.3 Å². The summed E-state index contributed by atoms with van der Waals surface area (Å²) in [6.45, 7) is 9.06. The van der Waals surface area contributed by atoms with Gasteiger partial charge >= 0.3 is 0 Å². The minimum Gasteiger partial charge on any atom is -0.372 e. The second kappa shape index (κ2) is 5.49. The Hall–Kier alpha value is -2.48. The third-order valence-electron chi connectivity index (χ3n) is 4.02. The van der Waals surface area contributed by atoms with Crippen molar-refractivity contribution in [3.8, 4) is 11.1 Å². The number of rotatable bonds is 3. The van der Waals surface area contributed by atoms with E-state index in [-0.39, 0.29) is 0 Å². The van der Waals surface area contributed by atoms with Gasteiger partial charge in [0.05, 0.1) is 12.4 Å². The lowest BCUT2D eigenvalue weighted by molar-refractivity contribution is 0.890. The molecule has 0 saturated carbocycles. The first kappa shape index (κ1) is 13.5. The molecule has 1 aliphatic heterocycles. The summed E-state index contributed by atoms with van der Waals surface area (Å²) in [6, 6.07) is 15.0. The van der Waals surface area contributed by atoms with Crippen LogP contribution in [0.5, 0.6) is 0 Å². The summed E-state index contributed by atoms with van der Waals surface area (Å²) in [4.78, 5) is 2.26. The number of hydrogen-bond acceptors (Lipinski definition) is 2. The fraction of sp³-hybridized carbons (Fsp3) is 0.158. The molecule has 0 aliphatic carbocycles. The lowest BCUT2D eigenvalue weighted by Gasteiger charge is -2.24. The third-order valence-corrected chi connectivity index (χ3v) is 4.02. The molecule has 0 atom stereocenters. The lowest BCUT2D eigenvalue weighted by atomic mass is 9.94. The van der Waals surface area contributed by atoms with Gasteiger partial charge in [-0.1, -0.05) is 43.0 Å². The van der Waals surface area contributed by atoms with Gasteiger partial charge in [-0.2, -0.15) is 0 Å². The number of aryl methyl sites for hydroxylation is 1. The molecular weight excluding hydrogens is 256 g/mol. The molecule has 21 heavy (non-hydrogen) atoms. The molecule has 0 fully saturated rings. The van der Waals surface area contributed by atoms with E-state index < -0.39 is 0 Å². The van der Waals surface area contributed by atoms with E-state index in [0.29, 0.717) is 0 Å². The zero-order valence-electron chi connectivity index (χ0n) is 12.6. The first-order chi connectivity index (χ1) is 10.2. The Morgan fingerprint density at radius 3 is 2.57 bits per heavy atom. The molecule has 0 aromatic heterocycles. The maximum Gasteiger partial charge on any atom is 0.0922 e. The highest BCUT2D eigenvalue weighted by atomic mass is 15.3. The maximum absolute atomic E-state index is 3.90. The molecule has 2 aromatic rings. The quantitative estimate of drug-likeness (QED) is 0.895. The van der Waals surface area contributed by atoms with Crippen LogP contribution in [0.2, 0.25) is 0 Å². The van der Waals surface area contributed by atoms with Crippen molar-refractivity contribution >= 4 is 5.69 Å². The van der Waals surface area contributed by atoms with E-state index in [9.17, 15) is 0 Å². The minimum atomic E-state index is 0.791. The molecule has 3 rings (SSSR count). The second-order valence-corrected chi connectivity index (χ2v) is 5.33. The van der Waals surface area contributed by atoms with Crippen LogP contribution in [-0.4, -0.2) is 6.67 Å². The molecule has 1 aliphatic rings. The van der Waals surface area contributed by atoms with E-state index >= 15 is 0 Å². The first-order valence-corrected chi connectivity index (χ1v) is 7.21. The lowest BCUT2D eigenvalue weighted by Crippen LogP contribution is -2.23. The predicted molar refractivity (Wildman–Crippen MR) is 90.1 cm³/mol. The van der Waals surface area contributed by atoms with Crippen molar-refractivity contribution in [2.24, 2.45) is 0 Å². The van der Waals surface area contributed by atoms with Crippen molar-refractivity contribution in [3.63, 3.8) is 0 Å². The van der Waals surface area contributed by atoms with Crippen LogP contribution < -0.4 is 10.2 Å². The Morgan fingerprint density at radius 2 is 1.86 bits per heavy atom. The van der Waals surface area contributed by atoms with Crippen molar-refractivity contribution in [1.29, 1.82) is 0 Å². The van der Waals surface area contributed by atoms with Gasteiger partial charge in [-0.15, -0.1) is 0 Å². The molecular formula is C19H20N2. The number of nitrogens with one attached hydrogen (secondary N) is 1. The van der Waals surface area contributed by atoms with Gasteiger partial charge < -0.3 is 10.2 Å². The standard InChI is InChI=1S/C19H20N2/c1-4-17-12-20-13-21(17)18-11-10-14(2)19(15(18)3)16-8-6-5-7-9-16/h4-12,20H,1,13H2,2-3H3. The van der Waals surface area contributed by atoms with Crippen LogP contribution in [0.1, 0.15) is 11.1 Å². The minimum absolute atomic E-state index is 0.791. The van der Waals surface area contributed by atoms with E-state index in [1.165, 1.54) is 27.9 Å². The van der Waals surface area contributed by atoms with Gasteiger partial charge in [0, 0.05) is 11.9 Å². The van der Waals surface area contributed by atoms with Gasteiger partial charge in [0.1, 0.15) is 0 Å². The van der Waals surface area contributed by atoms with Crippen molar-refractivity contribution in [2.75, 3.05) is 11.6 Å². The number of benzene rings is 2. The summed E-state index contributed by atoms with van der Waals surface area (Å²) in [5.41, 5.74) is 7.54. The summed E-state index contributed by atoms with van der Waals surface area (Å²) >= 11 is 0. The average molecular weight is 276 g/mol. The average Bonchev–Trinajstić information content (AvgIpc) is 2.97. The van der Waals surface area contributed by atoms with Gasteiger partial charge in [-0.05, 0) is 48.2 Å². The Labute approximate surface area is 126 Å². The van der Waals surface area contributed by atoms with Crippen molar-refractivity contribution in [2.45, 2.75) is 13.8 Å². The predicted octanol–water partition coefficient (Wildman–Crippen LogP) is 4.36. The van der Waals surface area contributed by atoms with Crippen molar-refractivity contribution in [1.82, 2.24) is 5.32 Å². The van der Waals surface area contributed by atoms with Crippen molar-refractivity contribution < 1.29 is 0 Å². The van der Waals surface area contributed by atoms with E-state index in [0.717, 1.165) is 12.4 Å². The second-order valence-electron chi connectivity index (χ2n) is 5.33. The number of hydrogen-bond donors (Lipinski definition) is 1. The van der Waals surface area contributed by atoms with E-state index in [1.54, 1.807) is 0 Å². The van der Waals surface area contributed by atoms with Gasteiger partial charge in [-0.25, -0.2) is 0 Å². The Bertz CT molecular complexity index is 699. The van der Waals surface area contributed by atoms with Gasteiger partial charge in [-0.3, -0.25) is 0 Å². The Balaban J connectivity index is 2.13. The highest BCUT2D eigenvalue weighted by Crippen LogP contribution is 2.35. The molecule has 0 radical (unpaired) electrons. The van der Waals surface area contributed by atoms with Gasteiger partial charge in [0.15, 0.2) is 0 Å². The summed E-state index contributed by atoms with van der Waals surface area (Å²) in [5, 5.41) is 3.27. The molecule has 2 heteroatoms. The molecule has 2 aromatic carbocycles. The molecule has 2 nitrogen and oxygen atoms in total. The van der Waals surface area contributed by atoms with Crippen LogP contribution in [-0.2, 0) is 0 Å².